The molecule has 0 amide bonds. The van der Waals surface area contributed by atoms with Gasteiger partial charge >= 0.3 is 5.97 Å². The Hall–Kier alpha value is -1.55. The van der Waals surface area contributed by atoms with Crippen LogP contribution in [0.25, 0.3) is 0 Å². The minimum Gasteiger partial charge on any atom is -0.493 e. The first-order valence-corrected chi connectivity index (χ1v) is 5.72. The fourth-order valence-electron chi connectivity index (χ4n) is 1.40. The molecule has 0 aliphatic heterocycles. The molecule has 0 aliphatic carbocycles. The zero-order valence-corrected chi connectivity index (χ0v) is 10.3. The van der Waals surface area contributed by atoms with Crippen molar-refractivity contribution in [2.45, 2.75) is 25.8 Å². The van der Waals surface area contributed by atoms with Crippen molar-refractivity contribution in [1.29, 1.82) is 0 Å². The molecule has 1 atom stereocenters. The molecule has 4 nitrogen and oxygen atoms in total. The molecule has 1 unspecified atom stereocenters. The van der Waals surface area contributed by atoms with Crippen LogP contribution in [0.15, 0.2) is 24.3 Å². The van der Waals surface area contributed by atoms with E-state index in [1.165, 1.54) is 7.11 Å². The lowest BCUT2D eigenvalue weighted by molar-refractivity contribution is -0.141. The van der Waals surface area contributed by atoms with Crippen molar-refractivity contribution in [3.8, 4) is 5.75 Å². The Labute approximate surface area is 102 Å². The lowest BCUT2D eigenvalue weighted by Gasteiger charge is -2.10. The van der Waals surface area contributed by atoms with E-state index < -0.39 is 0 Å². The Morgan fingerprint density at radius 3 is 2.53 bits per heavy atom. The fourth-order valence-corrected chi connectivity index (χ4v) is 1.40. The molecule has 0 saturated heterocycles. The molecule has 1 rings (SSSR count). The number of carbonyl (C=O) groups excluding carboxylic acids is 1. The van der Waals surface area contributed by atoms with Gasteiger partial charge in [-0.1, -0.05) is 19.1 Å². The zero-order valence-electron chi connectivity index (χ0n) is 10.3. The van der Waals surface area contributed by atoms with E-state index in [0.717, 1.165) is 17.7 Å². The highest BCUT2D eigenvalue weighted by Gasteiger charge is 2.04. The van der Waals surface area contributed by atoms with Crippen molar-refractivity contribution in [3.63, 3.8) is 0 Å². The third-order valence-corrected chi connectivity index (χ3v) is 2.55. The summed E-state index contributed by atoms with van der Waals surface area (Å²) >= 11 is 0. The number of ether oxygens (including phenoxy) is 2. The molecule has 17 heavy (non-hydrogen) atoms. The maximum atomic E-state index is 10.9. The van der Waals surface area contributed by atoms with E-state index in [4.69, 9.17) is 10.5 Å². The van der Waals surface area contributed by atoms with E-state index in [1.54, 1.807) is 0 Å². The quantitative estimate of drug-likeness (QED) is 0.769. The summed E-state index contributed by atoms with van der Waals surface area (Å²) < 4.78 is 9.92. The van der Waals surface area contributed by atoms with E-state index in [9.17, 15) is 4.79 Å². The maximum Gasteiger partial charge on any atom is 0.308 e. The fraction of sp³-hybridized carbons (Fsp3) is 0.462. The molecular weight excluding hydrogens is 218 g/mol. The van der Waals surface area contributed by atoms with Gasteiger partial charge in [-0.05, 0) is 24.1 Å². The van der Waals surface area contributed by atoms with Gasteiger partial charge in [-0.15, -0.1) is 0 Å². The Bertz CT molecular complexity index is 348. The van der Waals surface area contributed by atoms with Gasteiger partial charge in [0, 0.05) is 6.04 Å². The SMILES string of the molecule is CCC(N)c1ccc(OCCC(=O)OC)cc1. The van der Waals surface area contributed by atoms with Gasteiger partial charge < -0.3 is 15.2 Å². The van der Waals surface area contributed by atoms with E-state index in [0.29, 0.717) is 6.61 Å². The zero-order chi connectivity index (χ0) is 12.7. The average Bonchev–Trinajstić information content (AvgIpc) is 2.38. The van der Waals surface area contributed by atoms with Gasteiger partial charge in [0.2, 0.25) is 0 Å². The van der Waals surface area contributed by atoms with Crippen LogP contribution in [-0.2, 0) is 9.53 Å². The van der Waals surface area contributed by atoms with Crippen molar-refractivity contribution in [2.75, 3.05) is 13.7 Å². The topological polar surface area (TPSA) is 61.5 Å². The van der Waals surface area contributed by atoms with Crippen LogP contribution in [0.1, 0.15) is 31.4 Å². The number of hydrogen-bond donors (Lipinski definition) is 1. The molecule has 4 heteroatoms. The van der Waals surface area contributed by atoms with Gasteiger partial charge in [-0.25, -0.2) is 0 Å². The Morgan fingerprint density at radius 2 is 2.00 bits per heavy atom. The first-order chi connectivity index (χ1) is 8.17. The molecule has 94 valence electrons. The van der Waals surface area contributed by atoms with Crippen molar-refractivity contribution < 1.29 is 14.3 Å². The maximum absolute atomic E-state index is 10.9. The molecule has 0 aliphatic rings. The normalized spacial score (nSPS) is 11.9. The smallest absolute Gasteiger partial charge is 0.308 e. The third kappa shape index (κ3) is 4.44. The van der Waals surface area contributed by atoms with E-state index in [-0.39, 0.29) is 18.4 Å². The standard InChI is InChI=1S/C13H19NO3/c1-3-12(14)10-4-6-11(7-5-10)17-9-8-13(15)16-2/h4-7,12H,3,8-9,14H2,1-2H3. The van der Waals surface area contributed by atoms with Crippen molar-refractivity contribution >= 4 is 5.97 Å². The van der Waals surface area contributed by atoms with Gasteiger partial charge in [0.1, 0.15) is 5.75 Å². The Balaban J connectivity index is 2.43. The van der Waals surface area contributed by atoms with Crippen LogP contribution in [-0.4, -0.2) is 19.7 Å². The lowest BCUT2D eigenvalue weighted by Crippen LogP contribution is -2.09. The summed E-state index contributed by atoms with van der Waals surface area (Å²) in [5.41, 5.74) is 6.99. The van der Waals surface area contributed by atoms with Gasteiger partial charge in [-0.2, -0.15) is 0 Å². The van der Waals surface area contributed by atoms with Crippen molar-refractivity contribution in [3.05, 3.63) is 29.8 Å². The van der Waals surface area contributed by atoms with Crippen LogP contribution >= 0.6 is 0 Å². The van der Waals surface area contributed by atoms with E-state index in [1.807, 2.05) is 31.2 Å². The second-order valence-corrected chi connectivity index (χ2v) is 3.76. The number of methoxy groups -OCH3 is 1. The molecule has 0 bridgehead atoms. The summed E-state index contributed by atoms with van der Waals surface area (Å²) in [6.45, 7) is 2.37. The van der Waals surface area contributed by atoms with Crippen LogP contribution in [0, 0.1) is 0 Å². The highest BCUT2D eigenvalue weighted by Crippen LogP contribution is 2.18. The summed E-state index contributed by atoms with van der Waals surface area (Å²) in [5, 5.41) is 0. The van der Waals surface area contributed by atoms with E-state index >= 15 is 0 Å². The number of nitrogens with two attached hydrogens (primary N) is 1. The van der Waals surface area contributed by atoms with Gasteiger partial charge in [0.05, 0.1) is 20.1 Å². The molecule has 0 spiro atoms. The monoisotopic (exact) mass is 237 g/mol. The first-order valence-electron chi connectivity index (χ1n) is 5.72. The summed E-state index contributed by atoms with van der Waals surface area (Å²) in [6.07, 6.45) is 1.16. The second-order valence-electron chi connectivity index (χ2n) is 3.76. The van der Waals surface area contributed by atoms with E-state index in [2.05, 4.69) is 4.74 Å². The number of carbonyl (C=O) groups is 1. The van der Waals surface area contributed by atoms with Crippen LogP contribution in [0.4, 0.5) is 0 Å². The molecule has 1 aromatic rings. The molecular formula is C13H19NO3. The molecule has 0 radical (unpaired) electrons. The Morgan fingerprint density at radius 1 is 1.35 bits per heavy atom. The molecule has 0 heterocycles. The van der Waals surface area contributed by atoms with Crippen LogP contribution < -0.4 is 10.5 Å². The summed E-state index contributed by atoms with van der Waals surface area (Å²) in [4.78, 5) is 10.9. The van der Waals surface area contributed by atoms with Gasteiger partial charge in [0.15, 0.2) is 0 Å². The lowest BCUT2D eigenvalue weighted by atomic mass is 10.1. The van der Waals surface area contributed by atoms with Gasteiger partial charge in [0.25, 0.3) is 0 Å². The predicted octanol–water partition coefficient (Wildman–Crippen LogP) is 2.04. The minimum atomic E-state index is -0.269. The number of rotatable bonds is 6. The number of esters is 1. The minimum absolute atomic E-state index is 0.0686. The Kier molecular flexibility index (Phi) is 5.49. The van der Waals surface area contributed by atoms with Gasteiger partial charge in [-0.3, -0.25) is 4.79 Å². The van der Waals surface area contributed by atoms with Crippen molar-refractivity contribution in [1.82, 2.24) is 0 Å². The highest BCUT2D eigenvalue weighted by atomic mass is 16.5. The largest absolute Gasteiger partial charge is 0.493 e. The van der Waals surface area contributed by atoms with Crippen LogP contribution in [0.5, 0.6) is 5.75 Å². The summed E-state index contributed by atoms with van der Waals surface area (Å²) in [5.74, 6) is 0.468. The first kappa shape index (κ1) is 13.5. The van der Waals surface area contributed by atoms with Crippen molar-refractivity contribution in [2.24, 2.45) is 5.73 Å². The molecule has 0 saturated carbocycles. The second kappa shape index (κ2) is 6.91. The predicted molar refractivity (Wildman–Crippen MR) is 65.8 cm³/mol. The highest BCUT2D eigenvalue weighted by molar-refractivity contribution is 5.69. The molecule has 2 N–H and O–H groups in total. The summed E-state index contributed by atoms with van der Waals surface area (Å²) in [7, 11) is 1.36. The number of hydrogen-bond acceptors (Lipinski definition) is 4. The van der Waals surface area contributed by atoms with Crippen LogP contribution in [0.2, 0.25) is 0 Å². The van der Waals surface area contributed by atoms with Crippen LogP contribution in [0.3, 0.4) is 0 Å². The summed E-state index contributed by atoms with van der Waals surface area (Å²) in [6, 6.07) is 7.69. The third-order valence-electron chi connectivity index (χ3n) is 2.55. The molecule has 0 fully saturated rings. The average molecular weight is 237 g/mol. The number of benzene rings is 1. The molecule has 0 aromatic heterocycles. The molecule has 1 aromatic carbocycles.